The first-order valence-corrected chi connectivity index (χ1v) is 4.40. The van der Waals surface area contributed by atoms with E-state index in [1.807, 2.05) is 0 Å². The van der Waals surface area contributed by atoms with Crippen LogP contribution in [0.25, 0.3) is 0 Å². The van der Waals surface area contributed by atoms with Crippen LogP contribution in [0.1, 0.15) is 20.7 Å². The van der Waals surface area contributed by atoms with Gasteiger partial charge in [0, 0.05) is 0 Å². The highest BCUT2D eigenvalue weighted by atomic mass is 19.3. The van der Waals surface area contributed by atoms with E-state index in [9.17, 15) is 18.4 Å². The molecule has 1 aromatic rings. The van der Waals surface area contributed by atoms with Gasteiger partial charge in [-0.05, 0) is 12.1 Å². The molecule has 0 bridgehead atoms. The molecule has 0 saturated heterocycles. The van der Waals surface area contributed by atoms with Crippen LogP contribution in [-0.2, 0) is 0 Å². The van der Waals surface area contributed by atoms with Crippen molar-refractivity contribution in [2.24, 2.45) is 0 Å². The molecule has 2 heterocycles. The van der Waals surface area contributed by atoms with Gasteiger partial charge >= 0.3 is 6.29 Å². The number of hydrogen-bond donors (Lipinski definition) is 1. The summed E-state index contributed by atoms with van der Waals surface area (Å²) in [6.07, 6.45) is -3.82. The van der Waals surface area contributed by atoms with Crippen molar-refractivity contribution >= 4 is 11.8 Å². The number of halogens is 2. The summed E-state index contributed by atoms with van der Waals surface area (Å²) in [5, 5.41) is 8.97. The van der Waals surface area contributed by atoms with Crippen LogP contribution in [-0.4, -0.2) is 28.4 Å². The van der Waals surface area contributed by atoms with Crippen LogP contribution in [0.2, 0.25) is 0 Å². The van der Waals surface area contributed by atoms with E-state index in [1.54, 1.807) is 0 Å². The number of rotatable bonds is 0. The van der Waals surface area contributed by atoms with Crippen LogP contribution < -0.4 is 9.47 Å². The van der Waals surface area contributed by atoms with Crippen molar-refractivity contribution < 1.29 is 33.1 Å². The van der Waals surface area contributed by atoms with Gasteiger partial charge in [0.25, 0.3) is 11.8 Å². The lowest BCUT2D eigenvalue weighted by Crippen LogP contribution is -2.26. The van der Waals surface area contributed by atoms with E-state index >= 15 is 0 Å². The second-order valence-corrected chi connectivity index (χ2v) is 3.43. The number of nitrogens with zero attached hydrogens (tertiary/aromatic N) is 1. The lowest BCUT2D eigenvalue weighted by Gasteiger charge is -2.04. The number of carbonyl (C=O) groups is 2. The zero-order valence-electron chi connectivity index (χ0n) is 7.94. The number of alkyl halides is 2. The molecule has 8 heteroatoms. The predicted molar refractivity (Wildman–Crippen MR) is 44.9 cm³/mol. The number of fused-ring (bicyclic) bond motifs is 2. The average molecular weight is 243 g/mol. The highest BCUT2D eigenvalue weighted by Gasteiger charge is 2.46. The average Bonchev–Trinajstić information content (AvgIpc) is 2.65. The van der Waals surface area contributed by atoms with Gasteiger partial charge in [-0.3, -0.25) is 14.8 Å². The minimum atomic E-state index is -3.82. The molecule has 0 fully saturated rings. The second-order valence-electron chi connectivity index (χ2n) is 3.43. The minimum Gasteiger partial charge on any atom is -0.395 e. The zero-order valence-corrected chi connectivity index (χ0v) is 7.94. The lowest BCUT2D eigenvalue weighted by atomic mass is 10.1. The summed E-state index contributed by atoms with van der Waals surface area (Å²) in [6, 6.07) is 1.87. The van der Waals surface area contributed by atoms with Gasteiger partial charge in [0.2, 0.25) is 0 Å². The van der Waals surface area contributed by atoms with Gasteiger partial charge in [-0.25, -0.2) is 0 Å². The van der Waals surface area contributed by atoms with Crippen LogP contribution in [0.3, 0.4) is 0 Å². The van der Waals surface area contributed by atoms with Gasteiger partial charge in [-0.15, -0.1) is 13.8 Å². The smallest absolute Gasteiger partial charge is 0.395 e. The van der Waals surface area contributed by atoms with Crippen LogP contribution in [0.4, 0.5) is 8.78 Å². The van der Waals surface area contributed by atoms with Gasteiger partial charge in [0.05, 0.1) is 11.1 Å². The number of ether oxygens (including phenoxy) is 2. The number of benzene rings is 1. The molecule has 0 aromatic heterocycles. The molecule has 0 radical (unpaired) electrons. The molecule has 17 heavy (non-hydrogen) atoms. The summed E-state index contributed by atoms with van der Waals surface area (Å²) in [6.45, 7) is 0. The number of hydroxylamine groups is 2. The Morgan fingerprint density at radius 2 is 1.47 bits per heavy atom. The normalized spacial score (nSPS) is 19.8. The first kappa shape index (κ1) is 9.97. The Balaban J connectivity index is 2.16. The maximum atomic E-state index is 12.7. The lowest BCUT2D eigenvalue weighted by molar-refractivity contribution is -0.286. The molecular formula is C9H3F2NO5. The van der Waals surface area contributed by atoms with Crippen molar-refractivity contribution in [1.29, 1.82) is 0 Å². The van der Waals surface area contributed by atoms with Crippen LogP contribution in [0.15, 0.2) is 12.1 Å². The minimum absolute atomic E-state index is 0.0992. The fourth-order valence-electron chi connectivity index (χ4n) is 1.67. The standard InChI is InChI=1S/C9H3F2NO5/c10-9(11)16-5-1-3-4(2-6(5)17-9)8(14)12(15)7(3)13/h1-2,15H. The van der Waals surface area contributed by atoms with Crippen molar-refractivity contribution in [3.05, 3.63) is 23.3 Å². The van der Waals surface area contributed by atoms with Gasteiger partial charge in [0.1, 0.15) is 0 Å². The summed E-state index contributed by atoms with van der Waals surface area (Å²) in [7, 11) is 0. The van der Waals surface area contributed by atoms with E-state index in [0.29, 0.717) is 0 Å². The molecule has 0 aliphatic carbocycles. The molecule has 2 aliphatic rings. The molecule has 1 aromatic carbocycles. The van der Waals surface area contributed by atoms with Crippen LogP contribution in [0.5, 0.6) is 11.5 Å². The van der Waals surface area contributed by atoms with E-state index in [4.69, 9.17) is 5.21 Å². The Kier molecular flexibility index (Phi) is 1.59. The molecule has 6 nitrogen and oxygen atoms in total. The number of hydrogen-bond acceptors (Lipinski definition) is 5. The molecule has 0 unspecified atom stereocenters. The predicted octanol–water partition coefficient (Wildman–Crippen LogP) is 0.993. The maximum Gasteiger partial charge on any atom is 0.586 e. The van der Waals surface area contributed by atoms with E-state index in [0.717, 1.165) is 12.1 Å². The fraction of sp³-hybridized carbons (Fsp3) is 0.111. The second kappa shape index (κ2) is 2.72. The Labute approximate surface area is 91.9 Å². The Bertz CT molecular complexity index is 524. The molecule has 0 atom stereocenters. The third-order valence-electron chi connectivity index (χ3n) is 2.39. The number of carbonyl (C=O) groups excluding carboxylic acids is 2. The van der Waals surface area contributed by atoms with E-state index in [1.165, 1.54) is 0 Å². The van der Waals surface area contributed by atoms with Gasteiger partial charge in [-0.1, -0.05) is 0 Å². The van der Waals surface area contributed by atoms with Crippen molar-refractivity contribution in [2.75, 3.05) is 0 Å². The first-order valence-electron chi connectivity index (χ1n) is 4.40. The maximum absolute atomic E-state index is 12.7. The molecule has 1 N–H and O–H groups in total. The van der Waals surface area contributed by atoms with Crippen LogP contribution >= 0.6 is 0 Å². The third-order valence-corrected chi connectivity index (χ3v) is 2.39. The molecular weight excluding hydrogens is 240 g/mol. The van der Waals surface area contributed by atoms with E-state index in [-0.39, 0.29) is 27.7 Å². The van der Waals surface area contributed by atoms with E-state index < -0.39 is 18.1 Å². The van der Waals surface area contributed by atoms with Crippen molar-refractivity contribution in [3.8, 4) is 11.5 Å². The molecule has 3 rings (SSSR count). The van der Waals surface area contributed by atoms with Crippen LogP contribution in [0, 0.1) is 0 Å². The van der Waals surface area contributed by atoms with Gasteiger partial charge in [-0.2, -0.15) is 0 Å². The topological polar surface area (TPSA) is 76.1 Å². The summed E-state index contributed by atoms with van der Waals surface area (Å²) >= 11 is 0. The number of imide groups is 1. The molecule has 2 amide bonds. The Morgan fingerprint density at radius 1 is 1.06 bits per heavy atom. The number of amides is 2. The van der Waals surface area contributed by atoms with Gasteiger partial charge < -0.3 is 9.47 Å². The SMILES string of the molecule is O=C1c2cc3c(cc2C(=O)N1O)OC(F)(F)O3. The summed E-state index contributed by atoms with van der Waals surface area (Å²) < 4.78 is 33.7. The largest absolute Gasteiger partial charge is 0.586 e. The highest BCUT2D eigenvalue weighted by molar-refractivity contribution is 6.20. The summed E-state index contributed by atoms with van der Waals surface area (Å²) in [5.74, 6) is -2.70. The van der Waals surface area contributed by atoms with Crippen molar-refractivity contribution in [1.82, 2.24) is 5.06 Å². The fourth-order valence-corrected chi connectivity index (χ4v) is 1.67. The molecule has 2 aliphatic heterocycles. The monoisotopic (exact) mass is 243 g/mol. The summed E-state index contributed by atoms with van der Waals surface area (Å²) in [4.78, 5) is 22.7. The molecule has 88 valence electrons. The quantitative estimate of drug-likeness (QED) is 0.543. The van der Waals surface area contributed by atoms with Gasteiger partial charge in [0.15, 0.2) is 11.5 Å². The van der Waals surface area contributed by atoms with E-state index in [2.05, 4.69) is 9.47 Å². The Hall–Kier alpha value is -2.22. The third kappa shape index (κ3) is 1.21. The van der Waals surface area contributed by atoms with Crippen molar-refractivity contribution in [3.63, 3.8) is 0 Å². The Morgan fingerprint density at radius 3 is 1.88 bits per heavy atom. The molecule has 0 spiro atoms. The molecule has 0 saturated carbocycles. The zero-order chi connectivity index (χ0) is 12.4. The van der Waals surface area contributed by atoms with Crippen molar-refractivity contribution in [2.45, 2.75) is 6.29 Å². The highest BCUT2D eigenvalue weighted by Crippen LogP contribution is 2.43. The summed E-state index contributed by atoms with van der Waals surface area (Å²) in [5.41, 5.74) is -0.421. The first-order chi connectivity index (χ1) is 7.89.